The number of sulfonamides is 1. The van der Waals surface area contributed by atoms with E-state index in [-0.39, 0.29) is 4.90 Å². The van der Waals surface area contributed by atoms with Gasteiger partial charge in [-0.25, -0.2) is 13.1 Å². The van der Waals surface area contributed by atoms with E-state index in [1.807, 2.05) is 12.1 Å². The van der Waals surface area contributed by atoms with E-state index in [2.05, 4.69) is 14.8 Å². The molecule has 0 atom stereocenters. The molecule has 0 saturated carbocycles. The van der Waals surface area contributed by atoms with Crippen LogP contribution in [-0.2, 0) is 23.0 Å². The third kappa shape index (κ3) is 4.31. The van der Waals surface area contributed by atoms with Crippen molar-refractivity contribution in [3.8, 4) is 11.5 Å². The van der Waals surface area contributed by atoms with Gasteiger partial charge in [0.1, 0.15) is 10.6 Å². The minimum absolute atomic E-state index is 0.139. The molecule has 2 heterocycles. The number of rotatable bonds is 8. The fourth-order valence-electron chi connectivity index (χ4n) is 3.57. The second-order valence-electron chi connectivity index (χ2n) is 6.91. The highest BCUT2D eigenvalue weighted by atomic mass is 32.2. The highest BCUT2D eigenvalue weighted by Gasteiger charge is 2.24. The van der Waals surface area contributed by atoms with E-state index >= 15 is 0 Å². The second kappa shape index (κ2) is 8.50. The van der Waals surface area contributed by atoms with Crippen LogP contribution >= 0.6 is 0 Å². The lowest BCUT2D eigenvalue weighted by atomic mass is 9.98. The van der Waals surface area contributed by atoms with Crippen LogP contribution in [0.15, 0.2) is 21.6 Å². The van der Waals surface area contributed by atoms with Crippen molar-refractivity contribution < 1.29 is 22.4 Å². The highest BCUT2D eigenvalue weighted by molar-refractivity contribution is 7.89. The molecule has 0 bridgehead atoms. The van der Waals surface area contributed by atoms with Crippen molar-refractivity contribution in [2.24, 2.45) is 0 Å². The number of fused-ring (bicyclic) bond motifs is 1. The van der Waals surface area contributed by atoms with Crippen molar-refractivity contribution in [2.75, 3.05) is 33.9 Å². The molecule has 28 heavy (non-hydrogen) atoms. The van der Waals surface area contributed by atoms with Gasteiger partial charge < -0.3 is 14.0 Å². The van der Waals surface area contributed by atoms with Gasteiger partial charge in [-0.3, -0.25) is 4.90 Å². The fourth-order valence-corrected chi connectivity index (χ4v) is 4.97. The highest BCUT2D eigenvalue weighted by Crippen LogP contribution is 2.33. The van der Waals surface area contributed by atoms with Gasteiger partial charge in [-0.05, 0) is 56.5 Å². The van der Waals surface area contributed by atoms with Gasteiger partial charge in [0, 0.05) is 19.6 Å². The summed E-state index contributed by atoms with van der Waals surface area (Å²) in [5.41, 5.74) is 2.87. The first kappa shape index (κ1) is 20.6. The monoisotopic (exact) mass is 409 g/mol. The summed E-state index contributed by atoms with van der Waals surface area (Å²) in [5.74, 6) is 1.79. The van der Waals surface area contributed by atoms with Gasteiger partial charge in [0.25, 0.3) is 0 Å². The number of aromatic nitrogens is 1. The van der Waals surface area contributed by atoms with Crippen LogP contribution in [0.2, 0.25) is 0 Å². The Balaban J connectivity index is 1.54. The Kier molecular flexibility index (Phi) is 6.26. The molecular weight excluding hydrogens is 382 g/mol. The molecule has 1 aliphatic heterocycles. The number of benzene rings is 1. The molecule has 0 fully saturated rings. The molecular formula is C19H27N3O5S. The molecule has 1 aromatic heterocycles. The first-order valence-corrected chi connectivity index (χ1v) is 10.7. The van der Waals surface area contributed by atoms with Gasteiger partial charge in [-0.1, -0.05) is 5.16 Å². The average Bonchev–Trinajstić information content (AvgIpc) is 3.03. The number of hydrogen-bond donors (Lipinski definition) is 1. The van der Waals surface area contributed by atoms with Gasteiger partial charge in [0.2, 0.25) is 10.0 Å². The van der Waals surface area contributed by atoms with Crippen molar-refractivity contribution >= 4 is 10.0 Å². The lowest BCUT2D eigenvalue weighted by Crippen LogP contribution is -2.34. The molecule has 9 heteroatoms. The SMILES string of the molecule is COc1cc2c(cc1OC)CN(CCCNS(=O)(=O)c1c(C)noc1C)CC2. The summed E-state index contributed by atoms with van der Waals surface area (Å²) in [4.78, 5) is 2.46. The maximum absolute atomic E-state index is 12.4. The zero-order valence-electron chi connectivity index (χ0n) is 16.7. The average molecular weight is 410 g/mol. The van der Waals surface area contributed by atoms with E-state index in [1.54, 1.807) is 28.1 Å². The van der Waals surface area contributed by atoms with E-state index in [0.29, 0.717) is 24.4 Å². The Bertz CT molecular complexity index is 920. The largest absolute Gasteiger partial charge is 0.493 e. The van der Waals surface area contributed by atoms with Crippen LogP contribution in [0.3, 0.4) is 0 Å². The van der Waals surface area contributed by atoms with Gasteiger partial charge in [0.05, 0.1) is 14.2 Å². The number of hydrogen-bond acceptors (Lipinski definition) is 7. The Labute approximate surface area is 165 Å². The van der Waals surface area contributed by atoms with Crippen LogP contribution < -0.4 is 14.2 Å². The summed E-state index contributed by atoms with van der Waals surface area (Å²) in [5, 5.41) is 3.71. The Hall–Kier alpha value is -2.10. The molecule has 0 aliphatic carbocycles. The fraction of sp³-hybridized carbons (Fsp3) is 0.526. The van der Waals surface area contributed by atoms with Crippen molar-refractivity contribution in [1.29, 1.82) is 0 Å². The van der Waals surface area contributed by atoms with E-state index in [4.69, 9.17) is 14.0 Å². The normalized spacial score (nSPS) is 14.7. The van der Waals surface area contributed by atoms with Crippen molar-refractivity contribution in [3.63, 3.8) is 0 Å². The predicted octanol–water partition coefficient (Wildman–Crippen LogP) is 2.04. The quantitative estimate of drug-likeness (QED) is 0.667. The molecule has 1 N–H and O–H groups in total. The van der Waals surface area contributed by atoms with Crippen molar-refractivity contribution in [2.45, 2.75) is 38.1 Å². The topological polar surface area (TPSA) is 93.9 Å². The van der Waals surface area contributed by atoms with Crippen LogP contribution in [0, 0.1) is 13.8 Å². The zero-order chi connectivity index (χ0) is 20.3. The summed E-state index contributed by atoms with van der Waals surface area (Å²) >= 11 is 0. The maximum Gasteiger partial charge on any atom is 0.245 e. The van der Waals surface area contributed by atoms with Crippen LogP contribution in [-0.4, -0.2) is 52.3 Å². The number of ether oxygens (including phenoxy) is 2. The Morgan fingerprint density at radius 1 is 1.18 bits per heavy atom. The first-order chi connectivity index (χ1) is 13.4. The van der Waals surface area contributed by atoms with Gasteiger partial charge >= 0.3 is 0 Å². The summed E-state index contributed by atoms with van der Waals surface area (Å²) in [6.07, 6.45) is 1.64. The minimum atomic E-state index is -3.60. The number of methoxy groups -OCH3 is 2. The molecule has 0 radical (unpaired) electrons. The molecule has 0 amide bonds. The van der Waals surface area contributed by atoms with Crippen LogP contribution in [0.1, 0.15) is 29.0 Å². The Morgan fingerprint density at radius 2 is 1.86 bits per heavy atom. The summed E-state index contributed by atoms with van der Waals surface area (Å²) in [6.45, 7) is 6.13. The molecule has 2 aromatic rings. The Morgan fingerprint density at radius 3 is 2.46 bits per heavy atom. The lowest BCUT2D eigenvalue weighted by Gasteiger charge is -2.29. The third-order valence-corrected chi connectivity index (χ3v) is 6.68. The molecule has 0 saturated heterocycles. The van der Waals surface area contributed by atoms with Gasteiger partial charge in [-0.15, -0.1) is 0 Å². The number of nitrogens with one attached hydrogen (secondary N) is 1. The van der Waals surface area contributed by atoms with Crippen LogP contribution in [0.25, 0.3) is 0 Å². The summed E-state index contributed by atoms with van der Waals surface area (Å²) < 4.78 is 43.2. The van der Waals surface area contributed by atoms with Crippen molar-refractivity contribution in [1.82, 2.24) is 14.8 Å². The van der Waals surface area contributed by atoms with E-state index in [0.717, 1.165) is 37.6 Å². The molecule has 1 aliphatic rings. The molecule has 1 aromatic carbocycles. The molecule has 154 valence electrons. The standard InChI is InChI=1S/C19H27N3O5S/c1-13-19(14(2)27-21-13)28(23,24)20-7-5-8-22-9-6-15-10-17(25-3)18(26-4)11-16(15)12-22/h10-11,20H,5-9,12H2,1-4H3. The van der Waals surface area contributed by atoms with Crippen LogP contribution in [0.5, 0.6) is 11.5 Å². The van der Waals surface area contributed by atoms with E-state index in [1.165, 1.54) is 11.1 Å². The number of nitrogens with zero attached hydrogens (tertiary/aromatic N) is 2. The zero-order valence-corrected chi connectivity index (χ0v) is 17.6. The van der Waals surface area contributed by atoms with Gasteiger partial charge in [-0.2, -0.15) is 0 Å². The molecule has 0 spiro atoms. The van der Waals surface area contributed by atoms with Crippen LogP contribution in [0.4, 0.5) is 0 Å². The summed E-state index contributed by atoms with van der Waals surface area (Å²) in [6, 6.07) is 4.07. The summed E-state index contributed by atoms with van der Waals surface area (Å²) in [7, 11) is -0.325. The lowest BCUT2D eigenvalue weighted by molar-refractivity contribution is 0.250. The minimum Gasteiger partial charge on any atom is -0.493 e. The molecule has 8 nitrogen and oxygen atoms in total. The number of aryl methyl sites for hydroxylation is 2. The molecule has 0 unspecified atom stereocenters. The molecule has 3 rings (SSSR count). The second-order valence-corrected chi connectivity index (χ2v) is 8.61. The van der Waals surface area contributed by atoms with E-state index in [9.17, 15) is 8.42 Å². The smallest absolute Gasteiger partial charge is 0.245 e. The maximum atomic E-state index is 12.4. The predicted molar refractivity (Wildman–Crippen MR) is 104 cm³/mol. The van der Waals surface area contributed by atoms with Crippen molar-refractivity contribution in [3.05, 3.63) is 34.7 Å². The van der Waals surface area contributed by atoms with Gasteiger partial charge in [0.15, 0.2) is 17.3 Å². The van der Waals surface area contributed by atoms with E-state index < -0.39 is 10.0 Å². The third-order valence-electron chi connectivity index (χ3n) is 4.98. The first-order valence-electron chi connectivity index (χ1n) is 9.24.